The maximum atomic E-state index is 10.0. The molecule has 0 spiro atoms. The van der Waals surface area contributed by atoms with Crippen LogP contribution in [-0.2, 0) is 12.8 Å². The van der Waals surface area contributed by atoms with Crippen LogP contribution in [0, 0.1) is 0 Å². The van der Waals surface area contributed by atoms with Gasteiger partial charge in [0.15, 0.2) is 0 Å². The Labute approximate surface area is 117 Å². The monoisotopic (exact) mass is 304 g/mol. The second-order valence-electron chi connectivity index (χ2n) is 4.51. The Bertz CT molecular complexity index is 481. The Kier molecular flexibility index (Phi) is 4.97. The summed E-state index contributed by atoms with van der Waals surface area (Å²) in [5, 5.41) is 10.0. The molecule has 0 aliphatic carbocycles. The molecule has 0 heterocycles. The number of hydrogen-bond donors (Lipinski definition) is 1. The second-order valence-corrected chi connectivity index (χ2v) is 5.43. The largest absolute Gasteiger partial charge is 0.393 e. The van der Waals surface area contributed by atoms with Crippen LogP contribution in [0.2, 0.25) is 0 Å². The van der Waals surface area contributed by atoms with Crippen LogP contribution in [0.1, 0.15) is 17.5 Å². The molecular weight excluding hydrogens is 288 g/mol. The quantitative estimate of drug-likeness (QED) is 0.885. The molecular formula is C16H17BrO. The highest BCUT2D eigenvalue weighted by atomic mass is 79.9. The predicted octanol–water partition coefficient (Wildman–Crippen LogP) is 3.99. The summed E-state index contributed by atoms with van der Waals surface area (Å²) in [6.45, 7) is 0. The van der Waals surface area contributed by atoms with E-state index in [1.807, 2.05) is 30.3 Å². The van der Waals surface area contributed by atoms with Crippen LogP contribution in [0.25, 0.3) is 0 Å². The molecule has 2 heteroatoms. The summed E-state index contributed by atoms with van der Waals surface area (Å²) in [4.78, 5) is 0. The molecule has 1 atom stereocenters. The molecule has 0 aliphatic heterocycles. The topological polar surface area (TPSA) is 20.2 Å². The normalized spacial score (nSPS) is 12.3. The smallest absolute Gasteiger partial charge is 0.0583 e. The van der Waals surface area contributed by atoms with Crippen molar-refractivity contribution in [1.82, 2.24) is 0 Å². The molecule has 0 bridgehead atoms. The van der Waals surface area contributed by atoms with Crippen molar-refractivity contribution in [2.75, 3.05) is 0 Å². The average Bonchev–Trinajstić information content (AvgIpc) is 2.38. The zero-order valence-corrected chi connectivity index (χ0v) is 11.8. The Morgan fingerprint density at radius 2 is 1.67 bits per heavy atom. The van der Waals surface area contributed by atoms with Gasteiger partial charge in [0.25, 0.3) is 0 Å². The third-order valence-electron chi connectivity index (χ3n) is 2.97. The van der Waals surface area contributed by atoms with Crippen molar-refractivity contribution < 1.29 is 5.11 Å². The van der Waals surface area contributed by atoms with Crippen LogP contribution in [0.15, 0.2) is 59.1 Å². The highest BCUT2D eigenvalue weighted by Gasteiger charge is 2.06. The molecule has 0 saturated heterocycles. The maximum Gasteiger partial charge on any atom is 0.0583 e. The lowest BCUT2D eigenvalue weighted by molar-refractivity contribution is 0.165. The molecule has 0 aromatic heterocycles. The average molecular weight is 305 g/mol. The van der Waals surface area contributed by atoms with Crippen molar-refractivity contribution in [2.24, 2.45) is 0 Å². The molecule has 1 unspecified atom stereocenters. The lowest BCUT2D eigenvalue weighted by atomic mass is 10.0. The van der Waals surface area contributed by atoms with Gasteiger partial charge in [-0.2, -0.15) is 0 Å². The standard InChI is InChI=1S/C16H17BrO/c17-15-8-4-7-14(11-15)12-16(18)10-9-13-5-2-1-3-6-13/h1-8,11,16,18H,9-10,12H2. The lowest BCUT2D eigenvalue weighted by Gasteiger charge is -2.11. The molecule has 0 aliphatic rings. The summed E-state index contributed by atoms with van der Waals surface area (Å²) < 4.78 is 1.07. The van der Waals surface area contributed by atoms with Crippen molar-refractivity contribution in [3.63, 3.8) is 0 Å². The highest BCUT2D eigenvalue weighted by Crippen LogP contribution is 2.15. The Morgan fingerprint density at radius 1 is 0.944 bits per heavy atom. The van der Waals surface area contributed by atoms with Crippen LogP contribution in [0.5, 0.6) is 0 Å². The van der Waals surface area contributed by atoms with E-state index >= 15 is 0 Å². The first kappa shape index (κ1) is 13.3. The van der Waals surface area contributed by atoms with Crippen molar-refractivity contribution in [1.29, 1.82) is 0 Å². The van der Waals surface area contributed by atoms with E-state index in [1.165, 1.54) is 11.1 Å². The summed E-state index contributed by atoms with van der Waals surface area (Å²) in [6, 6.07) is 18.4. The zero-order chi connectivity index (χ0) is 12.8. The molecule has 0 amide bonds. The fourth-order valence-electron chi connectivity index (χ4n) is 2.02. The van der Waals surface area contributed by atoms with Gasteiger partial charge in [-0.05, 0) is 42.5 Å². The van der Waals surface area contributed by atoms with E-state index in [2.05, 4.69) is 40.2 Å². The van der Waals surface area contributed by atoms with E-state index in [-0.39, 0.29) is 6.10 Å². The Morgan fingerprint density at radius 3 is 2.39 bits per heavy atom. The van der Waals surface area contributed by atoms with Gasteiger partial charge in [0.1, 0.15) is 0 Å². The summed E-state index contributed by atoms with van der Waals surface area (Å²) >= 11 is 3.45. The van der Waals surface area contributed by atoms with Gasteiger partial charge >= 0.3 is 0 Å². The molecule has 1 N–H and O–H groups in total. The molecule has 0 radical (unpaired) electrons. The zero-order valence-electron chi connectivity index (χ0n) is 10.2. The third-order valence-corrected chi connectivity index (χ3v) is 3.46. The van der Waals surface area contributed by atoms with Crippen LogP contribution in [0.3, 0.4) is 0 Å². The number of aliphatic hydroxyl groups is 1. The summed E-state index contributed by atoms with van der Waals surface area (Å²) in [5.74, 6) is 0. The number of halogens is 1. The van der Waals surface area contributed by atoms with Crippen LogP contribution in [0.4, 0.5) is 0 Å². The molecule has 1 nitrogen and oxygen atoms in total. The van der Waals surface area contributed by atoms with Crippen molar-refractivity contribution in [3.8, 4) is 0 Å². The summed E-state index contributed by atoms with van der Waals surface area (Å²) in [5.41, 5.74) is 2.45. The van der Waals surface area contributed by atoms with Gasteiger partial charge in [-0.15, -0.1) is 0 Å². The summed E-state index contributed by atoms with van der Waals surface area (Å²) in [6.07, 6.45) is 2.17. The minimum absolute atomic E-state index is 0.278. The van der Waals surface area contributed by atoms with Crippen LogP contribution in [-0.4, -0.2) is 11.2 Å². The van der Waals surface area contributed by atoms with Crippen LogP contribution >= 0.6 is 15.9 Å². The fourth-order valence-corrected chi connectivity index (χ4v) is 2.46. The van der Waals surface area contributed by atoms with Gasteiger partial charge in [-0.3, -0.25) is 0 Å². The molecule has 94 valence electrons. The third kappa shape index (κ3) is 4.28. The molecule has 2 rings (SSSR count). The lowest BCUT2D eigenvalue weighted by Crippen LogP contribution is -2.11. The molecule has 0 saturated carbocycles. The van der Waals surface area contributed by atoms with Crippen molar-refractivity contribution in [3.05, 3.63) is 70.2 Å². The van der Waals surface area contributed by atoms with E-state index in [0.29, 0.717) is 6.42 Å². The SMILES string of the molecule is OC(CCc1ccccc1)Cc1cccc(Br)c1. The van der Waals surface area contributed by atoms with Gasteiger partial charge < -0.3 is 5.11 Å². The predicted molar refractivity (Wildman–Crippen MR) is 78.6 cm³/mol. The van der Waals surface area contributed by atoms with Gasteiger partial charge in [0.2, 0.25) is 0 Å². The minimum atomic E-state index is -0.278. The van der Waals surface area contributed by atoms with Gasteiger partial charge in [-0.1, -0.05) is 58.4 Å². The Balaban J connectivity index is 1.84. The van der Waals surface area contributed by atoms with Gasteiger partial charge in [-0.25, -0.2) is 0 Å². The van der Waals surface area contributed by atoms with Gasteiger partial charge in [0, 0.05) is 4.47 Å². The highest BCUT2D eigenvalue weighted by molar-refractivity contribution is 9.10. The van der Waals surface area contributed by atoms with E-state index in [1.54, 1.807) is 0 Å². The molecule has 18 heavy (non-hydrogen) atoms. The number of hydrogen-bond acceptors (Lipinski definition) is 1. The van der Waals surface area contributed by atoms with Gasteiger partial charge in [0.05, 0.1) is 6.10 Å². The number of rotatable bonds is 5. The van der Waals surface area contributed by atoms with Crippen molar-refractivity contribution >= 4 is 15.9 Å². The maximum absolute atomic E-state index is 10.0. The first-order chi connectivity index (χ1) is 8.74. The van der Waals surface area contributed by atoms with E-state index in [4.69, 9.17) is 0 Å². The fraction of sp³-hybridized carbons (Fsp3) is 0.250. The van der Waals surface area contributed by atoms with Crippen LogP contribution < -0.4 is 0 Å². The summed E-state index contributed by atoms with van der Waals surface area (Å²) in [7, 11) is 0. The molecule has 2 aromatic carbocycles. The van der Waals surface area contributed by atoms with E-state index in [9.17, 15) is 5.11 Å². The van der Waals surface area contributed by atoms with Crippen molar-refractivity contribution in [2.45, 2.75) is 25.4 Å². The molecule has 2 aromatic rings. The molecule has 0 fully saturated rings. The number of benzene rings is 2. The Hall–Kier alpha value is -1.12. The first-order valence-corrected chi connectivity index (χ1v) is 7.00. The minimum Gasteiger partial charge on any atom is -0.393 e. The van der Waals surface area contributed by atoms with E-state index < -0.39 is 0 Å². The second kappa shape index (κ2) is 6.72. The first-order valence-electron chi connectivity index (χ1n) is 6.20. The number of aliphatic hydroxyl groups excluding tert-OH is 1. The van der Waals surface area contributed by atoms with E-state index in [0.717, 1.165) is 17.3 Å². The number of aryl methyl sites for hydroxylation is 1.